The number of hydrogen-bond acceptors (Lipinski definition) is 3. The van der Waals surface area contributed by atoms with Crippen LogP contribution in [0.5, 0.6) is 0 Å². The molecule has 16 heavy (non-hydrogen) atoms. The standard InChI is InChI=1S/C12H14ClNOS/c1-2-9-5-7-16-12(9)10-8-14-11(15-10)4-3-6-13/h5,7-8H,2-4,6H2,1H3. The highest BCUT2D eigenvalue weighted by Crippen LogP contribution is 2.30. The molecule has 0 aliphatic carbocycles. The van der Waals surface area contributed by atoms with Crippen molar-refractivity contribution in [3.63, 3.8) is 0 Å². The Bertz CT molecular complexity index is 449. The Labute approximate surface area is 104 Å². The number of hydrogen-bond donors (Lipinski definition) is 0. The fourth-order valence-corrected chi connectivity index (χ4v) is 2.66. The Morgan fingerprint density at radius 1 is 1.50 bits per heavy atom. The van der Waals surface area contributed by atoms with Gasteiger partial charge in [0, 0.05) is 12.3 Å². The van der Waals surface area contributed by atoms with Gasteiger partial charge in [-0.2, -0.15) is 0 Å². The third-order valence-electron chi connectivity index (χ3n) is 2.43. The van der Waals surface area contributed by atoms with Crippen molar-refractivity contribution in [2.45, 2.75) is 26.2 Å². The normalized spacial score (nSPS) is 10.9. The second kappa shape index (κ2) is 5.51. The molecule has 2 aromatic rings. The van der Waals surface area contributed by atoms with Gasteiger partial charge in [-0.05, 0) is 29.9 Å². The molecule has 0 atom stereocenters. The quantitative estimate of drug-likeness (QED) is 0.751. The fraction of sp³-hybridized carbons (Fsp3) is 0.417. The van der Waals surface area contributed by atoms with Gasteiger partial charge in [-0.15, -0.1) is 22.9 Å². The van der Waals surface area contributed by atoms with Crippen molar-refractivity contribution in [3.8, 4) is 10.6 Å². The lowest BCUT2D eigenvalue weighted by atomic mass is 10.2. The van der Waals surface area contributed by atoms with Gasteiger partial charge in [0.2, 0.25) is 0 Å². The van der Waals surface area contributed by atoms with Crippen LogP contribution in [0.25, 0.3) is 10.6 Å². The van der Waals surface area contributed by atoms with Gasteiger partial charge >= 0.3 is 0 Å². The van der Waals surface area contributed by atoms with Crippen LogP contribution in [0.4, 0.5) is 0 Å². The molecule has 2 aromatic heterocycles. The van der Waals surface area contributed by atoms with Crippen molar-refractivity contribution in [2.75, 3.05) is 5.88 Å². The molecule has 0 N–H and O–H groups in total. The summed E-state index contributed by atoms with van der Waals surface area (Å²) in [5, 5.41) is 2.09. The van der Waals surface area contributed by atoms with E-state index in [-0.39, 0.29) is 0 Å². The number of halogens is 1. The summed E-state index contributed by atoms with van der Waals surface area (Å²) < 4.78 is 5.71. The smallest absolute Gasteiger partial charge is 0.194 e. The van der Waals surface area contributed by atoms with E-state index in [0.717, 1.165) is 30.9 Å². The summed E-state index contributed by atoms with van der Waals surface area (Å²) in [6.45, 7) is 2.15. The predicted octanol–water partition coefficient (Wildman–Crippen LogP) is 4.14. The van der Waals surface area contributed by atoms with Crippen molar-refractivity contribution in [1.29, 1.82) is 0 Å². The van der Waals surface area contributed by atoms with Crippen LogP contribution in [-0.4, -0.2) is 10.9 Å². The molecule has 0 aliphatic heterocycles. The number of rotatable bonds is 5. The van der Waals surface area contributed by atoms with Crippen LogP contribution in [0, 0.1) is 0 Å². The molecular formula is C12H14ClNOS. The van der Waals surface area contributed by atoms with Crippen LogP contribution in [0.1, 0.15) is 24.8 Å². The monoisotopic (exact) mass is 255 g/mol. The molecular weight excluding hydrogens is 242 g/mol. The summed E-state index contributed by atoms with van der Waals surface area (Å²) in [7, 11) is 0. The first-order valence-electron chi connectivity index (χ1n) is 5.42. The molecule has 0 aromatic carbocycles. The molecule has 4 heteroatoms. The molecule has 0 bridgehead atoms. The van der Waals surface area contributed by atoms with Crippen LogP contribution in [-0.2, 0) is 12.8 Å². The topological polar surface area (TPSA) is 26.0 Å². The maximum atomic E-state index is 5.71. The Morgan fingerprint density at radius 2 is 2.38 bits per heavy atom. The molecule has 2 rings (SSSR count). The van der Waals surface area contributed by atoms with Crippen molar-refractivity contribution in [2.24, 2.45) is 0 Å². The first kappa shape index (κ1) is 11.7. The van der Waals surface area contributed by atoms with E-state index in [4.69, 9.17) is 16.0 Å². The van der Waals surface area contributed by atoms with Crippen molar-refractivity contribution >= 4 is 22.9 Å². The van der Waals surface area contributed by atoms with Crippen molar-refractivity contribution in [3.05, 3.63) is 29.1 Å². The highest BCUT2D eigenvalue weighted by Gasteiger charge is 2.10. The van der Waals surface area contributed by atoms with Gasteiger partial charge in [0.15, 0.2) is 11.7 Å². The first-order chi connectivity index (χ1) is 7.85. The molecule has 0 saturated heterocycles. The van der Waals surface area contributed by atoms with Gasteiger partial charge < -0.3 is 4.42 Å². The highest BCUT2D eigenvalue weighted by atomic mass is 35.5. The average Bonchev–Trinajstić information content (AvgIpc) is 2.94. The van der Waals surface area contributed by atoms with E-state index < -0.39 is 0 Å². The predicted molar refractivity (Wildman–Crippen MR) is 68.2 cm³/mol. The molecule has 0 fully saturated rings. The lowest BCUT2D eigenvalue weighted by Crippen LogP contribution is -1.84. The Morgan fingerprint density at radius 3 is 3.12 bits per heavy atom. The maximum Gasteiger partial charge on any atom is 0.194 e. The summed E-state index contributed by atoms with van der Waals surface area (Å²) in [6.07, 6.45) is 4.56. The van der Waals surface area contributed by atoms with Crippen LogP contribution in [0.15, 0.2) is 22.1 Å². The van der Waals surface area contributed by atoms with Gasteiger partial charge in [0.05, 0.1) is 11.1 Å². The minimum absolute atomic E-state index is 0.650. The van der Waals surface area contributed by atoms with E-state index in [1.807, 2.05) is 6.20 Å². The van der Waals surface area contributed by atoms with E-state index in [1.165, 1.54) is 10.4 Å². The number of aryl methyl sites for hydroxylation is 2. The minimum atomic E-state index is 0.650. The van der Waals surface area contributed by atoms with E-state index in [2.05, 4.69) is 23.4 Å². The molecule has 0 amide bonds. The molecule has 0 aliphatic rings. The summed E-state index contributed by atoms with van der Waals surface area (Å²) >= 11 is 7.34. The molecule has 0 saturated carbocycles. The summed E-state index contributed by atoms with van der Waals surface area (Å²) in [5.41, 5.74) is 1.32. The van der Waals surface area contributed by atoms with Crippen molar-refractivity contribution < 1.29 is 4.42 Å². The highest BCUT2D eigenvalue weighted by molar-refractivity contribution is 7.13. The number of aromatic nitrogens is 1. The molecule has 2 nitrogen and oxygen atoms in total. The largest absolute Gasteiger partial charge is 0.440 e. The zero-order valence-electron chi connectivity index (χ0n) is 9.20. The Hall–Kier alpha value is -0.800. The molecule has 0 unspecified atom stereocenters. The van der Waals surface area contributed by atoms with E-state index in [9.17, 15) is 0 Å². The molecule has 0 spiro atoms. The van der Waals surface area contributed by atoms with Gasteiger partial charge in [0.1, 0.15) is 0 Å². The first-order valence-corrected chi connectivity index (χ1v) is 6.84. The average molecular weight is 256 g/mol. The lowest BCUT2D eigenvalue weighted by molar-refractivity contribution is 0.504. The third-order valence-corrected chi connectivity index (χ3v) is 3.67. The lowest BCUT2D eigenvalue weighted by Gasteiger charge is -1.96. The van der Waals surface area contributed by atoms with Crippen LogP contribution >= 0.6 is 22.9 Å². The minimum Gasteiger partial charge on any atom is -0.440 e. The molecule has 2 heterocycles. The van der Waals surface area contributed by atoms with Gasteiger partial charge in [-0.1, -0.05) is 6.92 Å². The van der Waals surface area contributed by atoms with Gasteiger partial charge in [0.25, 0.3) is 0 Å². The summed E-state index contributed by atoms with van der Waals surface area (Å²) in [6, 6.07) is 2.14. The summed E-state index contributed by atoms with van der Waals surface area (Å²) in [4.78, 5) is 5.47. The second-order valence-electron chi connectivity index (χ2n) is 3.54. The SMILES string of the molecule is CCc1ccsc1-c1cnc(CCCCl)o1. The number of nitrogens with zero attached hydrogens (tertiary/aromatic N) is 1. The fourth-order valence-electron chi connectivity index (χ4n) is 1.58. The van der Waals surface area contributed by atoms with Gasteiger partial charge in [-0.3, -0.25) is 0 Å². The summed E-state index contributed by atoms with van der Waals surface area (Å²) in [5.74, 6) is 2.32. The van der Waals surface area contributed by atoms with Gasteiger partial charge in [-0.25, -0.2) is 4.98 Å². The maximum absolute atomic E-state index is 5.71. The van der Waals surface area contributed by atoms with Crippen molar-refractivity contribution in [1.82, 2.24) is 4.98 Å². The number of oxazole rings is 1. The van der Waals surface area contributed by atoms with E-state index in [0.29, 0.717) is 5.88 Å². The van der Waals surface area contributed by atoms with Crippen LogP contribution < -0.4 is 0 Å². The Kier molecular flexibility index (Phi) is 4.02. The van der Waals surface area contributed by atoms with E-state index >= 15 is 0 Å². The van der Waals surface area contributed by atoms with Crippen LogP contribution in [0.2, 0.25) is 0 Å². The number of thiophene rings is 1. The Balaban J connectivity index is 2.18. The zero-order valence-corrected chi connectivity index (χ0v) is 10.8. The zero-order chi connectivity index (χ0) is 11.4. The number of alkyl halides is 1. The third kappa shape index (κ3) is 2.47. The molecule has 0 radical (unpaired) electrons. The van der Waals surface area contributed by atoms with E-state index in [1.54, 1.807) is 11.3 Å². The molecule has 86 valence electrons. The second-order valence-corrected chi connectivity index (χ2v) is 4.83. The van der Waals surface area contributed by atoms with Crippen LogP contribution in [0.3, 0.4) is 0 Å².